The minimum atomic E-state index is 0.0679. The van der Waals surface area contributed by atoms with Gasteiger partial charge in [-0.25, -0.2) is 0 Å². The number of benzene rings is 1. The summed E-state index contributed by atoms with van der Waals surface area (Å²) in [5, 5.41) is 0.659. The number of carbonyl (C=O) groups is 1. The number of amides is 1. The molecule has 0 saturated carbocycles. The zero-order valence-corrected chi connectivity index (χ0v) is 11.2. The Bertz CT molecular complexity index is 433. The summed E-state index contributed by atoms with van der Waals surface area (Å²) in [6, 6.07) is 5.18. The van der Waals surface area contributed by atoms with Crippen LogP contribution in [0.1, 0.15) is 12.8 Å². The molecule has 1 atom stereocenters. The standard InChI is InChI=1S/C12H15ClN2OS/c1-15(12(16)11-3-2-6-17-11)10-7-8(13)4-5-9(10)14/h4-5,7,11H,2-3,6,14H2,1H3. The largest absolute Gasteiger partial charge is 0.397 e. The van der Waals surface area contributed by atoms with Crippen LogP contribution >= 0.6 is 23.4 Å². The number of thioether (sulfide) groups is 1. The van der Waals surface area contributed by atoms with Gasteiger partial charge in [0.2, 0.25) is 5.91 Å². The Morgan fingerprint density at radius 2 is 2.35 bits per heavy atom. The minimum absolute atomic E-state index is 0.0679. The molecule has 1 aromatic rings. The average molecular weight is 271 g/mol. The van der Waals surface area contributed by atoms with Gasteiger partial charge in [0.1, 0.15) is 0 Å². The SMILES string of the molecule is CN(C(=O)C1CCCS1)c1cc(Cl)ccc1N. The molecule has 92 valence electrons. The van der Waals surface area contributed by atoms with Gasteiger partial charge in [0, 0.05) is 12.1 Å². The second-order valence-electron chi connectivity index (χ2n) is 4.10. The lowest BCUT2D eigenvalue weighted by atomic mass is 10.2. The van der Waals surface area contributed by atoms with Crippen LogP contribution in [-0.2, 0) is 4.79 Å². The summed E-state index contributed by atoms with van der Waals surface area (Å²) in [5.41, 5.74) is 7.13. The zero-order chi connectivity index (χ0) is 12.4. The summed E-state index contributed by atoms with van der Waals surface area (Å²) in [6.07, 6.45) is 2.06. The van der Waals surface area contributed by atoms with Gasteiger partial charge in [-0.3, -0.25) is 4.79 Å². The molecule has 1 fully saturated rings. The third-order valence-corrected chi connectivity index (χ3v) is 4.49. The molecule has 1 aliphatic heterocycles. The fourth-order valence-electron chi connectivity index (χ4n) is 1.91. The molecule has 1 unspecified atom stereocenters. The van der Waals surface area contributed by atoms with E-state index < -0.39 is 0 Å². The van der Waals surface area contributed by atoms with Crippen molar-refractivity contribution in [3.63, 3.8) is 0 Å². The van der Waals surface area contributed by atoms with E-state index in [0.717, 1.165) is 18.6 Å². The Morgan fingerprint density at radius 1 is 1.59 bits per heavy atom. The smallest absolute Gasteiger partial charge is 0.239 e. The van der Waals surface area contributed by atoms with Crippen molar-refractivity contribution in [1.82, 2.24) is 0 Å². The number of carbonyl (C=O) groups excluding carboxylic acids is 1. The number of nitrogens with two attached hydrogens (primary N) is 1. The molecular weight excluding hydrogens is 256 g/mol. The lowest BCUT2D eigenvalue weighted by Gasteiger charge is -2.22. The van der Waals surface area contributed by atoms with E-state index in [1.54, 1.807) is 41.9 Å². The molecule has 0 radical (unpaired) electrons. The van der Waals surface area contributed by atoms with Gasteiger partial charge in [-0.1, -0.05) is 11.6 Å². The van der Waals surface area contributed by atoms with Crippen LogP contribution < -0.4 is 10.6 Å². The Kier molecular flexibility index (Phi) is 3.84. The maximum Gasteiger partial charge on any atom is 0.239 e. The Labute approximate surface area is 110 Å². The summed E-state index contributed by atoms with van der Waals surface area (Å²) >= 11 is 7.65. The fraction of sp³-hybridized carbons (Fsp3) is 0.417. The number of nitrogens with zero attached hydrogens (tertiary/aromatic N) is 1. The van der Waals surface area contributed by atoms with Crippen LogP contribution in [0.3, 0.4) is 0 Å². The van der Waals surface area contributed by atoms with Gasteiger partial charge >= 0.3 is 0 Å². The molecule has 3 nitrogen and oxygen atoms in total. The Balaban J connectivity index is 2.20. The molecule has 1 heterocycles. The van der Waals surface area contributed by atoms with Crippen molar-refractivity contribution >= 4 is 40.6 Å². The van der Waals surface area contributed by atoms with Crippen molar-refractivity contribution in [2.45, 2.75) is 18.1 Å². The fourth-order valence-corrected chi connectivity index (χ4v) is 3.33. The number of anilines is 2. The van der Waals surface area contributed by atoms with E-state index in [0.29, 0.717) is 16.4 Å². The van der Waals surface area contributed by atoms with Crippen molar-refractivity contribution in [3.05, 3.63) is 23.2 Å². The number of hydrogen-bond donors (Lipinski definition) is 1. The van der Waals surface area contributed by atoms with Crippen molar-refractivity contribution in [2.24, 2.45) is 0 Å². The van der Waals surface area contributed by atoms with E-state index in [-0.39, 0.29) is 11.2 Å². The first kappa shape index (κ1) is 12.6. The van der Waals surface area contributed by atoms with E-state index in [1.165, 1.54) is 0 Å². The first-order valence-electron chi connectivity index (χ1n) is 5.54. The molecule has 2 rings (SSSR count). The van der Waals surface area contributed by atoms with Gasteiger partial charge < -0.3 is 10.6 Å². The van der Waals surface area contributed by atoms with E-state index >= 15 is 0 Å². The molecule has 0 aromatic heterocycles. The highest BCUT2D eigenvalue weighted by molar-refractivity contribution is 8.00. The predicted molar refractivity (Wildman–Crippen MR) is 74.8 cm³/mol. The van der Waals surface area contributed by atoms with Crippen LogP contribution in [0, 0.1) is 0 Å². The predicted octanol–water partition coefficient (Wildman–Crippen LogP) is 2.78. The molecule has 17 heavy (non-hydrogen) atoms. The van der Waals surface area contributed by atoms with E-state index in [2.05, 4.69) is 0 Å². The van der Waals surface area contributed by atoms with E-state index in [4.69, 9.17) is 17.3 Å². The quantitative estimate of drug-likeness (QED) is 0.841. The molecule has 1 saturated heterocycles. The van der Waals surface area contributed by atoms with Gasteiger partial charge in [-0.2, -0.15) is 0 Å². The zero-order valence-electron chi connectivity index (χ0n) is 9.65. The highest BCUT2D eigenvalue weighted by atomic mass is 35.5. The topological polar surface area (TPSA) is 46.3 Å². The Morgan fingerprint density at radius 3 is 3.00 bits per heavy atom. The first-order chi connectivity index (χ1) is 8.09. The van der Waals surface area contributed by atoms with Gasteiger partial charge in [0.05, 0.1) is 16.6 Å². The average Bonchev–Trinajstić information content (AvgIpc) is 2.84. The lowest BCUT2D eigenvalue weighted by molar-refractivity contribution is -0.117. The van der Waals surface area contributed by atoms with Crippen molar-refractivity contribution in [3.8, 4) is 0 Å². The van der Waals surface area contributed by atoms with E-state index in [9.17, 15) is 4.79 Å². The number of hydrogen-bond acceptors (Lipinski definition) is 3. The molecule has 0 spiro atoms. The molecule has 1 aromatic carbocycles. The highest BCUT2D eigenvalue weighted by Gasteiger charge is 2.27. The summed E-state index contributed by atoms with van der Waals surface area (Å²) in [6.45, 7) is 0. The summed E-state index contributed by atoms with van der Waals surface area (Å²) in [5.74, 6) is 1.18. The third kappa shape index (κ3) is 2.69. The van der Waals surface area contributed by atoms with Gasteiger partial charge in [0.15, 0.2) is 0 Å². The maximum atomic E-state index is 12.2. The van der Waals surface area contributed by atoms with Crippen LogP contribution in [0.5, 0.6) is 0 Å². The molecule has 0 bridgehead atoms. The number of halogens is 1. The van der Waals surface area contributed by atoms with Crippen LogP contribution in [0.15, 0.2) is 18.2 Å². The second-order valence-corrected chi connectivity index (χ2v) is 5.85. The molecule has 1 amide bonds. The minimum Gasteiger partial charge on any atom is -0.397 e. The number of rotatable bonds is 2. The van der Waals surface area contributed by atoms with Gasteiger partial charge in [0.25, 0.3) is 0 Å². The maximum absolute atomic E-state index is 12.2. The molecule has 0 aliphatic carbocycles. The van der Waals surface area contributed by atoms with Crippen LogP contribution in [0.25, 0.3) is 0 Å². The molecular formula is C12H15ClN2OS. The van der Waals surface area contributed by atoms with Gasteiger partial charge in [-0.15, -0.1) is 11.8 Å². The normalized spacial score (nSPS) is 19.3. The summed E-state index contributed by atoms with van der Waals surface area (Å²) in [4.78, 5) is 13.8. The summed E-state index contributed by atoms with van der Waals surface area (Å²) < 4.78 is 0. The van der Waals surface area contributed by atoms with Crippen LogP contribution in [0.4, 0.5) is 11.4 Å². The Hall–Kier alpha value is -0.870. The second kappa shape index (κ2) is 5.19. The van der Waals surface area contributed by atoms with E-state index in [1.807, 2.05) is 0 Å². The molecule has 2 N–H and O–H groups in total. The van der Waals surface area contributed by atoms with Gasteiger partial charge in [-0.05, 0) is 36.8 Å². The highest BCUT2D eigenvalue weighted by Crippen LogP contribution is 2.31. The number of nitrogen functional groups attached to an aromatic ring is 1. The molecule has 1 aliphatic rings. The monoisotopic (exact) mass is 270 g/mol. The van der Waals surface area contributed by atoms with Crippen LogP contribution in [-0.4, -0.2) is 24.0 Å². The lowest BCUT2D eigenvalue weighted by Crippen LogP contribution is -2.34. The van der Waals surface area contributed by atoms with Crippen molar-refractivity contribution < 1.29 is 4.79 Å². The first-order valence-corrected chi connectivity index (χ1v) is 6.96. The van der Waals surface area contributed by atoms with Crippen molar-refractivity contribution in [2.75, 3.05) is 23.4 Å². The van der Waals surface area contributed by atoms with Crippen LogP contribution in [0.2, 0.25) is 5.02 Å². The van der Waals surface area contributed by atoms with Crippen molar-refractivity contribution in [1.29, 1.82) is 0 Å². The third-order valence-electron chi connectivity index (χ3n) is 2.89. The summed E-state index contributed by atoms with van der Waals surface area (Å²) in [7, 11) is 1.75. The molecule has 5 heteroatoms.